The maximum absolute atomic E-state index is 13.8. The van der Waals surface area contributed by atoms with Crippen LogP contribution in [0.25, 0.3) is 0 Å². The molecule has 0 fully saturated rings. The van der Waals surface area contributed by atoms with E-state index in [4.69, 9.17) is 0 Å². The Kier molecular flexibility index (Phi) is 2.77. The van der Waals surface area contributed by atoms with E-state index in [0.29, 0.717) is 12.0 Å². The van der Waals surface area contributed by atoms with Crippen molar-refractivity contribution in [3.05, 3.63) is 47.3 Å². The summed E-state index contributed by atoms with van der Waals surface area (Å²) >= 11 is 0. The summed E-state index contributed by atoms with van der Waals surface area (Å²) in [6, 6.07) is 6.46. The van der Waals surface area contributed by atoms with Crippen molar-refractivity contribution in [2.45, 2.75) is 18.9 Å². The quantitative estimate of drug-likeness (QED) is 0.885. The fraction of sp³-hybridized carbons (Fsp3) is 0.308. The molecular weight excluding hydrogens is 247 g/mol. The molecule has 1 aliphatic rings. The number of halogens is 1. The lowest BCUT2D eigenvalue weighted by molar-refractivity contribution is 0.0952. The highest BCUT2D eigenvalue weighted by Crippen LogP contribution is 2.31. The van der Waals surface area contributed by atoms with E-state index in [1.807, 2.05) is 0 Å². The van der Waals surface area contributed by atoms with Gasteiger partial charge in [0.25, 0.3) is 5.91 Å². The van der Waals surface area contributed by atoms with Crippen LogP contribution >= 0.6 is 0 Å². The van der Waals surface area contributed by atoms with Crippen LogP contribution in [0.5, 0.6) is 0 Å². The molecule has 5 nitrogen and oxygen atoms in total. The molecule has 0 saturated heterocycles. The first-order chi connectivity index (χ1) is 9.20. The molecule has 0 spiro atoms. The molecular formula is C13H13FN4O. The zero-order valence-corrected chi connectivity index (χ0v) is 10.4. The van der Waals surface area contributed by atoms with Crippen LogP contribution in [0.4, 0.5) is 4.39 Å². The molecule has 1 atom stereocenters. The lowest BCUT2D eigenvalue weighted by Crippen LogP contribution is -2.20. The predicted octanol–water partition coefficient (Wildman–Crippen LogP) is 1.31. The summed E-state index contributed by atoms with van der Waals surface area (Å²) in [4.78, 5) is 15.7. The molecule has 1 aromatic carbocycles. The van der Waals surface area contributed by atoms with Gasteiger partial charge in [0, 0.05) is 19.0 Å². The molecule has 98 valence electrons. The van der Waals surface area contributed by atoms with Crippen LogP contribution in [0.2, 0.25) is 0 Å². The molecule has 6 heteroatoms. The molecule has 2 heterocycles. The van der Waals surface area contributed by atoms with Crippen molar-refractivity contribution in [3.63, 3.8) is 0 Å². The van der Waals surface area contributed by atoms with Crippen molar-refractivity contribution in [2.24, 2.45) is 0 Å². The molecule has 1 aliphatic heterocycles. The van der Waals surface area contributed by atoms with Gasteiger partial charge in [0.1, 0.15) is 11.6 Å². The number of amides is 1. The highest BCUT2D eigenvalue weighted by atomic mass is 19.1. The molecule has 1 amide bonds. The summed E-state index contributed by atoms with van der Waals surface area (Å²) in [6.07, 6.45) is 1.45. The van der Waals surface area contributed by atoms with Gasteiger partial charge in [0.2, 0.25) is 5.82 Å². The molecule has 19 heavy (non-hydrogen) atoms. The van der Waals surface area contributed by atoms with Gasteiger partial charge in [-0.3, -0.25) is 4.79 Å². The van der Waals surface area contributed by atoms with Crippen LogP contribution in [0.1, 0.15) is 34.5 Å². The first-order valence-corrected chi connectivity index (χ1v) is 6.12. The number of rotatable bonds is 2. The molecule has 0 bridgehead atoms. The smallest absolute Gasteiger partial charge is 0.290 e. The van der Waals surface area contributed by atoms with E-state index in [0.717, 1.165) is 12.2 Å². The summed E-state index contributed by atoms with van der Waals surface area (Å²) in [7, 11) is 1.53. The zero-order chi connectivity index (χ0) is 13.4. The minimum absolute atomic E-state index is 0.138. The Morgan fingerprint density at radius 1 is 1.47 bits per heavy atom. The number of carbonyl (C=O) groups excluding carboxylic acids is 1. The van der Waals surface area contributed by atoms with Crippen molar-refractivity contribution in [2.75, 3.05) is 7.05 Å². The number of fused-ring (bicyclic) bond motifs is 1. The van der Waals surface area contributed by atoms with Gasteiger partial charge in [-0.1, -0.05) is 18.2 Å². The average molecular weight is 260 g/mol. The summed E-state index contributed by atoms with van der Waals surface area (Å²) < 4.78 is 15.5. The van der Waals surface area contributed by atoms with Crippen molar-refractivity contribution >= 4 is 5.91 Å². The van der Waals surface area contributed by atoms with E-state index in [1.165, 1.54) is 13.1 Å². The molecule has 0 aliphatic carbocycles. The Hall–Kier alpha value is -2.24. The van der Waals surface area contributed by atoms with Crippen molar-refractivity contribution in [1.29, 1.82) is 0 Å². The van der Waals surface area contributed by atoms with Gasteiger partial charge in [-0.15, -0.1) is 5.10 Å². The molecule has 1 unspecified atom stereocenters. The fourth-order valence-electron chi connectivity index (χ4n) is 2.40. The summed E-state index contributed by atoms with van der Waals surface area (Å²) in [5.74, 6) is 0.289. The third-order valence-corrected chi connectivity index (χ3v) is 3.33. The van der Waals surface area contributed by atoms with E-state index in [2.05, 4.69) is 15.4 Å². The van der Waals surface area contributed by atoms with Gasteiger partial charge in [-0.05, 0) is 12.5 Å². The number of aryl methyl sites for hydroxylation is 1. The second-order valence-electron chi connectivity index (χ2n) is 4.45. The van der Waals surface area contributed by atoms with Crippen LogP contribution in [0, 0.1) is 5.82 Å². The monoisotopic (exact) mass is 260 g/mol. The number of carbonyl (C=O) groups is 1. The fourth-order valence-corrected chi connectivity index (χ4v) is 2.40. The SMILES string of the molecule is CNC(=O)c1nc2n(n1)C(c1ccccc1F)CC2. The van der Waals surface area contributed by atoms with Crippen molar-refractivity contribution < 1.29 is 9.18 Å². The minimum atomic E-state index is -0.325. The van der Waals surface area contributed by atoms with Gasteiger partial charge in [-0.2, -0.15) is 0 Å². The van der Waals surface area contributed by atoms with Crippen molar-refractivity contribution in [3.8, 4) is 0 Å². The predicted molar refractivity (Wildman–Crippen MR) is 66.3 cm³/mol. The number of hydrogen-bond acceptors (Lipinski definition) is 3. The first kappa shape index (κ1) is 11.8. The van der Waals surface area contributed by atoms with E-state index in [1.54, 1.807) is 22.9 Å². The molecule has 0 radical (unpaired) electrons. The summed E-state index contributed by atoms with van der Waals surface area (Å²) in [5, 5.41) is 6.67. The van der Waals surface area contributed by atoms with Crippen LogP contribution in [-0.2, 0) is 6.42 Å². The van der Waals surface area contributed by atoms with Crippen LogP contribution in [0.15, 0.2) is 24.3 Å². The van der Waals surface area contributed by atoms with Gasteiger partial charge >= 0.3 is 0 Å². The Balaban J connectivity index is 2.00. The van der Waals surface area contributed by atoms with E-state index < -0.39 is 0 Å². The van der Waals surface area contributed by atoms with Gasteiger partial charge in [-0.25, -0.2) is 14.1 Å². The maximum atomic E-state index is 13.8. The maximum Gasteiger partial charge on any atom is 0.290 e. The molecule has 2 aromatic rings. The number of nitrogens with zero attached hydrogens (tertiary/aromatic N) is 3. The number of benzene rings is 1. The lowest BCUT2D eigenvalue weighted by atomic mass is 10.0. The minimum Gasteiger partial charge on any atom is -0.352 e. The molecule has 0 saturated carbocycles. The van der Waals surface area contributed by atoms with E-state index in [9.17, 15) is 9.18 Å². The highest BCUT2D eigenvalue weighted by molar-refractivity contribution is 5.90. The number of hydrogen-bond donors (Lipinski definition) is 1. The first-order valence-electron chi connectivity index (χ1n) is 6.12. The third-order valence-electron chi connectivity index (χ3n) is 3.33. The van der Waals surface area contributed by atoms with Gasteiger partial charge in [0.15, 0.2) is 0 Å². The normalized spacial score (nSPS) is 17.3. The number of aromatic nitrogens is 3. The van der Waals surface area contributed by atoms with E-state index >= 15 is 0 Å². The van der Waals surface area contributed by atoms with E-state index in [-0.39, 0.29) is 23.6 Å². The summed E-state index contributed by atoms with van der Waals surface area (Å²) in [5.41, 5.74) is 0.592. The Morgan fingerprint density at radius 2 is 2.26 bits per heavy atom. The molecule has 1 N–H and O–H groups in total. The molecule has 1 aromatic heterocycles. The highest BCUT2D eigenvalue weighted by Gasteiger charge is 2.29. The van der Waals surface area contributed by atoms with Crippen molar-refractivity contribution in [1.82, 2.24) is 20.1 Å². The standard InChI is InChI=1S/C13H13FN4O/c1-15-13(19)12-16-11-7-6-10(18(11)17-12)8-4-2-3-5-9(8)14/h2-5,10H,6-7H2,1H3,(H,15,19). The van der Waals surface area contributed by atoms with Gasteiger partial charge < -0.3 is 5.32 Å². The Bertz CT molecular complexity index is 637. The van der Waals surface area contributed by atoms with Crippen LogP contribution in [-0.4, -0.2) is 27.7 Å². The average Bonchev–Trinajstić information content (AvgIpc) is 2.98. The summed E-state index contributed by atoms with van der Waals surface area (Å²) in [6.45, 7) is 0. The number of nitrogens with one attached hydrogen (secondary N) is 1. The van der Waals surface area contributed by atoms with Crippen LogP contribution < -0.4 is 5.32 Å². The second kappa shape index (κ2) is 4.46. The second-order valence-corrected chi connectivity index (χ2v) is 4.45. The van der Waals surface area contributed by atoms with Gasteiger partial charge in [0.05, 0.1) is 6.04 Å². The van der Waals surface area contributed by atoms with Crippen LogP contribution in [0.3, 0.4) is 0 Å². The Morgan fingerprint density at radius 3 is 3.00 bits per heavy atom. The molecule has 3 rings (SSSR count). The third kappa shape index (κ3) is 1.89. The topological polar surface area (TPSA) is 59.8 Å². The Labute approximate surface area is 109 Å². The zero-order valence-electron chi connectivity index (χ0n) is 10.4. The lowest BCUT2D eigenvalue weighted by Gasteiger charge is -2.12. The largest absolute Gasteiger partial charge is 0.352 e.